The second-order valence-corrected chi connectivity index (χ2v) is 12.9. The van der Waals surface area contributed by atoms with Crippen molar-refractivity contribution in [2.24, 2.45) is 0 Å². The first-order valence-corrected chi connectivity index (χ1v) is 17.9. The van der Waals surface area contributed by atoms with Crippen LogP contribution in [0.2, 0.25) is 0 Å². The van der Waals surface area contributed by atoms with E-state index in [-0.39, 0.29) is 0 Å². The molecule has 1 heterocycles. The first-order valence-electron chi connectivity index (χ1n) is 17.9. The molecule has 2 aromatic carbocycles. The summed E-state index contributed by atoms with van der Waals surface area (Å²) in [5.41, 5.74) is 4.39. The highest BCUT2D eigenvalue weighted by atomic mass is 15.2. The Balaban J connectivity index is 1.56. The largest absolute Gasteiger partial charge is 0.261 e. The van der Waals surface area contributed by atoms with Gasteiger partial charge in [0.25, 0.3) is 5.82 Å². The summed E-state index contributed by atoms with van der Waals surface area (Å²) in [7, 11) is 0. The van der Waals surface area contributed by atoms with Gasteiger partial charge in [0.2, 0.25) is 0 Å². The molecule has 0 radical (unpaired) electrons. The second kappa shape index (κ2) is 21.4. The van der Waals surface area contributed by atoms with E-state index in [2.05, 4.69) is 96.8 Å². The van der Waals surface area contributed by atoms with E-state index in [0.717, 1.165) is 25.9 Å². The first kappa shape index (κ1) is 34.1. The quantitative estimate of drug-likeness (QED) is 0.0747. The Morgan fingerprint density at radius 3 is 1.67 bits per heavy atom. The molecule has 0 aliphatic rings. The van der Waals surface area contributed by atoms with E-state index in [1.807, 2.05) is 0 Å². The summed E-state index contributed by atoms with van der Waals surface area (Å²) < 4.78 is 5.33. The predicted octanol–water partition coefficient (Wildman–Crippen LogP) is 11.4. The molecule has 2 nitrogen and oxygen atoms in total. The van der Waals surface area contributed by atoms with Crippen LogP contribution >= 0.6 is 0 Å². The highest BCUT2D eigenvalue weighted by Gasteiger charge is 2.25. The van der Waals surface area contributed by atoms with Crippen LogP contribution in [0.4, 0.5) is 0 Å². The molecule has 1 unspecified atom stereocenters. The number of hydrogen-bond acceptors (Lipinski definition) is 0. The van der Waals surface area contributed by atoms with E-state index in [9.17, 15) is 0 Å². The van der Waals surface area contributed by atoms with Crippen molar-refractivity contribution in [3.05, 3.63) is 89.5 Å². The van der Waals surface area contributed by atoms with Gasteiger partial charge < -0.3 is 0 Å². The fraction of sp³-hybridized carbons (Fsp3) is 0.625. The highest BCUT2D eigenvalue weighted by Crippen LogP contribution is 2.23. The Morgan fingerprint density at radius 2 is 1.10 bits per heavy atom. The summed E-state index contributed by atoms with van der Waals surface area (Å²) >= 11 is 0. The van der Waals surface area contributed by atoms with Crippen molar-refractivity contribution < 1.29 is 4.57 Å². The monoisotopic (exact) mass is 571 g/mol. The molecule has 0 N–H and O–H groups in total. The highest BCUT2D eigenvalue weighted by molar-refractivity contribution is 5.22. The molecule has 0 spiro atoms. The van der Waals surface area contributed by atoms with Gasteiger partial charge in [0.15, 0.2) is 0 Å². The zero-order valence-electron chi connectivity index (χ0n) is 27.7. The molecule has 0 saturated heterocycles. The average Bonchev–Trinajstić information content (AvgIpc) is 3.33. The van der Waals surface area contributed by atoms with E-state index in [4.69, 9.17) is 0 Å². The number of aryl methyl sites for hydroxylation is 1. The lowest BCUT2D eigenvalue weighted by Crippen LogP contribution is -2.37. The lowest BCUT2D eigenvalue weighted by atomic mass is 9.96. The van der Waals surface area contributed by atoms with Crippen molar-refractivity contribution in [1.82, 2.24) is 4.57 Å². The van der Waals surface area contributed by atoms with Crippen LogP contribution in [0.5, 0.6) is 0 Å². The van der Waals surface area contributed by atoms with Gasteiger partial charge in [-0.05, 0) is 42.7 Å². The molecule has 0 saturated carbocycles. The minimum absolute atomic E-state index is 0.518. The normalized spacial score (nSPS) is 12.2. The molecule has 0 fully saturated rings. The maximum absolute atomic E-state index is 2.72. The Morgan fingerprint density at radius 1 is 0.595 bits per heavy atom. The van der Waals surface area contributed by atoms with Gasteiger partial charge in [-0.1, -0.05) is 165 Å². The fourth-order valence-corrected chi connectivity index (χ4v) is 6.46. The summed E-state index contributed by atoms with van der Waals surface area (Å²) in [6.45, 7) is 9.30. The summed E-state index contributed by atoms with van der Waals surface area (Å²) in [5.74, 6) is 2.02. The molecule has 3 aromatic rings. The molecule has 3 rings (SSSR count). The third-order valence-corrected chi connectivity index (χ3v) is 9.12. The molecule has 1 atom stereocenters. The van der Waals surface area contributed by atoms with Crippen LogP contribution in [0.3, 0.4) is 0 Å². The van der Waals surface area contributed by atoms with Crippen LogP contribution in [0.15, 0.2) is 66.9 Å². The van der Waals surface area contributed by atoms with Gasteiger partial charge in [0.1, 0.15) is 11.9 Å². The number of unbranched alkanes of at least 4 members (excludes halogenated alkanes) is 15. The Bertz CT molecular complexity index is 1050. The van der Waals surface area contributed by atoms with E-state index < -0.39 is 0 Å². The second-order valence-electron chi connectivity index (χ2n) is 12.9. The summed E-state index contributed by atoms with van der Waals surface area (Å²) in [4.78, 5) is 0. The third kappa shape index (κ3) is 12.9. The van der Waals surface area contributed by atoms with Crippen molar-refractivity contribution in [2.75, 3.05) is 0 Å². The van der Waals surface area contributed by atoms with Crippen LogP contribution < -0.4 is 4.57 Å². The maximum atomic E-state index is 2.72. The lowest BCUT2D eigenvalue weighted by Gasteiger charge is -2.12. The SMILES string of the molecule is CCCCCCCCCCCCCCCCn1c(CC(C)c2ccccc2)c[n+](CCCCC)c1Cc1ccccc1. The lowest BCUT2D eigenvalue weighted by molar-refractivity contribution is -0.704. The molecule has 0 aliphatic heterocycles. The standard InChI is InChI=1S/C40H63N2/c1-4-6-8-9-10-11-12-13-14-15-16-17-18-26-32-42-39(33-36(3)38-29-23-20-24-30-38)35-41(31-25-7-5-2)40(42)34-37-27-21-19-22-28-37/h19-24,27-30,35-36H,4-18,25-26,31-34H2,1-3H3/q+1. The van der Waals surface area contributed by atoms with E-state index >= 15 is 0 Å². The molecule has 1 aromatic heterocycles. The predicted molar refractivity (Wildman–Crippen MR) is 182 cm³/mol. The van der Waals surface area contributed by atoms with Gasteiger partial charge >= 0.3 is 0 Å². The molecule has 232 valence electrons. The summed E-state index contributed by atoms with van der Waals surface area (Å²) in [6.07, 6.45) is 28.2. The zero-order valence-corrected chi connectivity index (χ0v) is 27.7. The van der Waals surface area contributed by atoms with Crippen LogP contribution in [-0.2, 0) is 25.9 Å². The molecule has 2 heteroatoms. The summed E-state index contributed by atoms with van der Waals surface area (Å²) in [5, 5.41) is 0. The zero-order chi connectivity index (χ0) is 29.7. The topological polar surface area (TPSA) is 8.81 Å². The maximum Gasteiger partial charge on any atom is 0.261 e. The van der Waals surface area contributed by atoms with Gasteiger partial charge in [-0.2, -0.15) is 0 Å². The van der Waals surface area contributed by atoms with Crippen LogP contribution in [-0.4, -0.2) is 4.57 Å². The van der Waals surface area contributed by atoms with Crippen molar-refractivity contribution in [3.63, 3.8) is 0 Å². The Kier molecular flexibility index (Phi) is 17.4. The molecule has 42 heavy (non-hydrogen) atoms. The van der Waals surface area contributed by atoms with E-state index in [1.165, 1.54) is 132 Å². The molecule has 0 bridgehead atoms. The number of rotatable bonds is 24. The van der Waals surface area contributed by atoms with Crippen LogP contribution in [0.25, 0.3) is 0 Å². The minimum Gasteiger partial charge on any atom is -0.234 e. The van der Waals surface area contributed by atoms with Gasteiger partial charge in [-0.15, -0.1) is 0 Å². The number of imidazole rings is 1. The van der Waals surface area contributed by atoms with Crippen molar-refractivity contribution in [3.8, 4) is 0 Å². The summed E-state index contributed by atoms with van der Waals surface area (Å²) in [6, 6.07) is 22.2. The Hall–Kier alpha value is -2.35. The Labute approximate surface area is 260 Å². The number of hydrogen-bond donors (Lipinski definition) is 0. The molecular formula is C40H63N2+. The molecule has 0 amide bonds. The van der Waals surface area contributed by atoms with E-state index in [0.29, 0.717) is 5.92 Å². The fourth-order valence-electron chi connectivity index (χ4n) is 6.46. The minimum atomic E-state index is 0.518. The first-order chi connectivity index (χ1) is 20.7. The smallest absolute Gasteiger partial charge is 0.234 e. The molecular weight excluding hydrogens is 508 g/mol. The van der Waals surface area contributed by atoms with Gasteiger partial charge in [0, 0.05) is 6.42 Å². The van der Waals surface area contributed by atoms with Crippen LogP contribution in [0, 0.1) is 0 Å². The number of benzene rings is 2. The number of nitrogens with zero attached hydrogens (tertiary/aromatic N) is 2. The van der Waals surface area contributed by atoms with Crippen molar-refractivity contribution in [1.29, 1.82) is 0 Å². The van der Waals surface area contributed by atoms with Gasteiger partial charge in [0.05, 0.1) is 19.5 Å². The average molecular weight is 572 g/mol. The number of aromatic nitrogens is 2. The third-order valence-electron chi connectivity index (χ3n) is 9.12. The van der Waals surface area contributed by atoms with Gasteiger partial charge in [-0.3, -0.25) is 0 Å². The van der Waals surface area contributed by atoms with Crippen molar-refractivity contribution >= 4 is 0 Å². The van der Waals surface area contributed by atoms with Crippen LogP contribution in [0.1, 0.15) is 158 Å². The van der Waals surface area contributed by atoms with Crippen molar-refractivity contribution in [2.45, 2.75) is 162 Å². The van der Waals surface area contributed by atoms with Gasteiger partial charge in [-0.25, -0.2) is 9.13 Å². The van der Waals surface area contributed by atoms with E-state index in [1.54, 1.807) is 0 Å². The molecule has 0 aliphatic carbocycles.